The quantitative estimate of drug-likeness (QED) is 0.633. The maximum atomic E-state index is 11.6. The molecule has 5 nitrogen and oxygen atoms in total. The van der Waals surface area contributed by atoms with Crippen LogP contribution in [0, 0.1) is 0 Å². The number of alkyl halides is 3. The van der Waals surface area contributed by atoms with Crippen molar-refractivity contribution in [2.45, 2.75) is 12.6 Å². The Morgan fingerprint density at radius 1 is 1.36 bits per heavy atom. The van der Waals surface area contributed by atoms with Crippen molar-refractivity contribution < 1.29 is 26.4 Å². The van der Waals surface area contributed by atoms with Gasteiger partial charge < -0.3 is 5.32 Å². The van der Waals surface area contributed by atoms with Crippen LogP contribution >= 0.6 is 0 Å². The lowest BCUT2D eigenvalue weighted by molar-refractivity contribution is -0.173. The second kappa shape index (κ2) is 4.60. The maximum absolute atomic E-state index is 11.6. The smallest absolute Gasteiger partial charge is 0.348 e. The van der Waals surface area contributed by atoms with Crippen molar-refractivity contribution in [2.75, 3.05) is 12.3 Å². The first-order valence-electron chi connectivity index (χ1n) is 3.48. The van der Waals surface area contributed by atoms with Gasteiger partial charge >= 0.3 is 12.1 Å². The zero-order valence-electron chi connectivity index (χ0n) is 6.97. The van der Waals surface area contributed by atoms with E-state index >= 15 is 0 Å². The SMILES string of the molecule is NS(=O)(=O)CCCNC(=O)C(F)(F)F. The molecule has 0 spiro atoms. The highest BCUT2D eigenvalue weighted by atomic mass is 32.2. The zero-order chi connectivity index (χ0) is 11.4. The highest BCUT2D eigenvalue weighted by Gasteiger charge is 2.38. The number of carbonyl (C=O) groups is 1. The highest BCUT2D eigenvalue weighted by Crippen LogP contribution is 2.13. The van der Waals surface area contributed by atoms with E-state index in [0.717, 1.165) is 0 Å². The van der Waals surface area contributed by atoms with Crippen molar-refractivity contribution in [3.8, 4) is 0 Å². The fourth-order valence-corrected chi connectivity index (χ4v) is 1.12. The minimum absolute atomic E-state index is 0.152. The first kappa shape index (κ1) is 13.2. The van der Waals surface area contributed by atoms with E-state index in [0.29, 0.717) is 0 Å². The van der Waals surface area contributed by atoms with Crippen molar-refractivity contribution in [3.63, 3.8) is 0 Å². The molecule has 0 aliphatic heterocycles. The van der Waals surface area contributed by atoms with E-state index in [-0.39, 0.29) is 13.0 Å². The van der Waals surface area contributed by atoms with E-state index in [1.807, 2.05) is 0 Å². The number of hydrogen-bond acceptors (Lipinski definition) is 3. The normalized spacial score (nSPS) is 12.6. The van der Waals surface area contributed by atoms with Crippen molar-refractivity contribution in [2.24, 2.45) is 5.14 Å². The van der Waals surface area contributed by atoms with Crippen LogP contribution in [-0.2, 0) is 14.8 Å². The van der Waals surface area contributed by atoms with Gasteiger partial charge in [-0.05, 0) is 6.42 Å². The largest absolute Gasteiger partial charge is 0.471 e. The first-order chi connectivity index (χ1) is 6.13. The molecule has 0 aromatic rings. The first-order valence-corrected chi connectivity index (χ1v) is 5.20. The van der Waals surface area contributed by atoms with Crippen LogP contribution in [0.4, 0.5) is 13.2 Å². The maximum Gasteiger partial charge on any atom is 0.471 e. The molecule has 0 bridgehead atoms. The van der Waals surface area contributed by atoms with Gasteiger partial charge in [0.1, 0.15) is 0 Å². The molecular weight excluding hydrogens is 225 g/mol. The van der Waals surface area contributed by atoms with Gasteiger partial charge in [0, 0.05) is 6.54 Å². The van der Waals surface area contributed by atoms with E-state index in [4.69, 9.17) is 0 Å². The van der Waals surface area contributed by atoms with Crippen LogP contribution in [0.3, 0.4) is 0 Å². The minimum Gasteiger partial charge on any atom is -0.348 e. The minimum atomic E-state index is -4.94. The van der Waals surface area contributed by atoms with Crippen molar-refractivity contribution in [3.05, 3.63) is 0 Å². The molecule has 0 radical (unpaired) electrons. The predicted molar refractivity (Wildman–Crippen MR) is 41.7 cm³/mol. The molecule has 0 saturated carbocycles. The Morgan fingerprint density at radius 3 is 2.21 bits per heavy atom. The number of nitrogens with one attached hydrogen (secondary N) is 1. The Balaban J connectivity index is 3.72. The van der Waals surface area contributed by atoms with E-state index in [2.05, 4.69) is 5.14 Å². The Bertz CT molecular complexity index is 298. The molecule has 0 unspecified atom stereocenters. The van der Waals surface area contributed by atoms with Crippen molar-refractivity contribution in [1.82, 2.24) is 5.32 Å². The van der Waals surface area contributed by atoms with Crippen molar-refractivity contribution >= 4 is 15.9 Å². The van der Waals surface area contributed by atoms with E-state index in [9.17, 15) is 26.4 Å². The summed E-state index contributed by atoms with van der Waals surface area (Å²) >= 11 is 0. The summed E-state index contributed by atoms with van der Waals surface area (Å²) in [5.74, 6) is -2.56. The number of nitrogens with two attached hydrogens (primary N) is 1. The third kappa shape index (κ3) is 6.66. The lowest BCUT2D eigenvalue weighted by Gasteiger charge is -2.06. The predicted octanol–water partition coefficient (Wildman–Crippen LogP) is -0.656. The topological polar surface area (TPSA) is 89.3 Å². The summed E-state index contributed by atoms with van der Waals surface area (Å²) in [5, 5.41) is 6.09. The molecule has 0 aliphatic carbocycles. The van der Waals surface area contributed by atoms with Gasteiger partial charge in [0.15, 0.2) is 0 Å². The van der Waals surface area contributed by atoms with Crippen LogP contribution < -0.4 is 10.5 Å². The number of primary sulfonamides is 1. The summed E-state index contributed by atoms with van der Waals surface area (Å²) in [6, 6.07) is 0. The molecule has 14 heavy (non-hydrogen) atoms. The summed E-state index contributed by atoms with van der Waals surface area (Å²) in [6.45, 7) is -0.380. The average Bonchev–Trinajstić information content (AvgIpc) is 1.93. The summed E-state index contributed by atoms with van der Waals surface area (Å²) in [4.78, 5) is 10.2. The second-order valence-electron chi connectivity index (χ2n) is 2.47. The lowest BCUT2D eigenvalue weighted by Crippen LogP contribution is -2.37. The molecule has 1 amide bonds. The van der Waals surface area contributed by atoms with E-state index in [1.54, 1.807) is 0 Å². The molecule has 3 N–H and O–H groups in total. The third-order valence-corrected chi connectivity index (χ3v) is 2.01. The standard InChI is InChI=1S/C5H9F3N2O3S/c6-5(7,8)4(11)10-2-1-3-14(9,12)13/h1-3H2,(H,10,11)(H2,9,12,13). The second-order valence-corrected chi connectivity index (χ2v) is 4.21. The average molecular weight is 234 g/mol. The Hall–Kier alpha value is -0.830. The Kier molecular flexibility index (Phi) is 4.33. The van der Waals surface area contributed by atoms with Crippen LogP contribution in [-0.4, -0.2) is 32.8 Å². The number of sulfonamides is 1. The lowest BCUT2D eigenvalue weighted by atomic mass is 10.4. The summed E-state index contributed by atoms with van der Waals surface area (Å²) in [5.41, 5.74) is 0. The fourth-order valence-electron chi connectivity index (χ4n) is 0.575. The molecular formula is C5H9F3N2O3S. The van der Waals surface area contributed by atoms with Crippen LogP contribution in [0.15, 0.2) is 0 Å². The molecule has 9 heteroatoms. The van der Waals surface area contributed by atoms with Crippen LogP contribution in [0.25, 0.3) is 0 Å². The Labute approximate surface area is 78.5 Å². The van der Waals surface area contributed by atoms with Crippen LogP contribution in [0.2, 0.25) is 0 Å². The van der Waals surface area contributed by atoms with Gasteiger partial charge in [0.2, 0.25) is 10.0 Å². The van der Waals surface area contributed by atoms with Gasteiger partial charge in [0.25, 0.3) is 0 Å². The molecule has 0 aromatic carbocycles. The van der Waals surface area contributed by atoms with Gasteiger partial charge in [-0.15, -0.1) is 0 Å². The number of hydrogen-bond donors (Lipinski definition) is 2. The fraction of sp³-hybridized carbons (Fsp3) is 0.800. The number of amides is 1. The summed E-state index contributed by atoms with van der Waals surface area (Å²) < 4.78 is 55.3. The molecule has 0 rings (SSSR count). The summed E-state index contributed by atoms with van der Waals surface area (Å²) in [6.07, 6.45) is -5.09. The van der Waals surface area contributed by atoms with Gasteiger partial charge in [-0.2, -0.15) is 13.2 Å². The monoisotopic (exact) mass is 234 g/mol. The number of carbonyl (C=O) groups excluding carboxylic acids is 1. The van der Waals surface area contributed by atoms with Crippen LogP contribution in [0.5, 0.6) is 0 Å². The third-order valence-electron chi connectivity index (χ3n) is 1.15. The van der Waals surface area contributed by atoms with Gasteiger partial charge in [-0.25, -0.2) is 13.6 Å². The molecule has 0 heterocycles. The van der Waals surface area contributed by atoms with Crippen LogP contribution in [0.1, 0.15) is 6.42 Å². The zero-order valence-corrected chi connectivity index (χ0v) is 7.78. The Morgan fingerprint density at radius 2 is 1.86 bits per heavy atom. The van der Waals surface area contributed by atoms with E-state index in [1.165, 1.54) is 5.32 Å². The highest BCUT2D eigenvalue weighted by molar-refractivity contribution is 7.89. The van der Waals surface area contributed by atoms with Gasteiger partial charge in [-0.3, -0.25) is 4.79 Å². The molecule has 84 valence electrons. The molecule has 0 aromatic heterocycles. The molecule has 0 saturated heterocycles. The van der Waals surface area contributed by atoms with Crippen molar-refractivity contribution in [1.29, 1.82) is 0 Å². The van der Waals surface area contributed by atoms with Gasteiger partial charge in [0.05, 0.1) is 5.75 Å². The summed E-state index contributed by atoms with van der Waals surface area (Å²) in [7, 11) is -3.69. The number of halogens is 3. The molecule has 0 fully saturated rings. The molecule has 0 atom stereocenters. The number of rotatable bonds is 4. The van der Waals surface area contributed by atoms with Gasteiger partial charge in [-0.1, -0.05) is 0 Å². The molecule has 0 aliphatic rings. The van der Waals surface area contributed by atoms with E-state index < -0.39 is 27.9 Å².